The molecular weight excluding hydrogens is 374 g/mol. The lowest BCUT2D eigenvalue weighted by Gasteiger charge is -2.26. The number of hydrogen-bond donors (Lipinski definition) is 1. The van der Waals surface area contributed by atoms with Crippen LogP contribution in [-0.4, -0.2) is 20.8 Å². The standard InChI is InChI=1S/C19H21N3.C5H12.CH4S/c1-4-19(2,3)17-10-6-5-9-16(17)18-21-12-13-22(18)15-8-7-11-20-14-15;1-3-5-4-2;1-2/h5-14H,4H2,1-3H3;3-5H2,1-2H3;2H,1H3. The molecule has 0 radical (unpaired) electrons. The molecule has 3 rings (SSSR count). The number of thiol groups is 1. The molecule has 0 aliphatic carbocycles. The Kier molecular flexibility index (Phi) is 11.4. The lowest BCUT2D eigenvalue weighted by molar-refractivity contribution is 0.507. The normalized spacial score (nSPS) is 10.4. The zero-order valence-electron chi connectivity index (χ0n) is 18.9. The summed E-state index contributed by atoms with van der Waals surface area (Å²) in [6, 6.07) is 12.5. The second-order valence-electron chi connectivity index (χ2n) is 7.47. The van der Waals surface area contributed by atoms with Crippen LogP contribution >= 0.6 is 12.6 Å². The van der Waals surface area contributed by atoms with Gasteiger partial charge in [0.05, 0.1) is 11.9 Å². The molecule has 1 aromatic carbocycles. The van der Waals surface area contributed by atoms with Crippen LogP contribution in [0.4, 0.5) is 0 Å². The van der Waals surface area contributed by atoms with Gasteiger partial charge in [0.1, 0.15) is 5.82 Å². The Morgan fingerprint density at radius 1 is 0.931 bits per heavy atom. The van der Waals surface area contributed by atoms with E-state index in [1.807, 2.05) is 30.7 Å². The molecule has 2 heterocycles. The van der Waals surface area contributed by atoms with Crippen LogP contribution in [0.2, 0.25) is 0 Å². The molecule has 0 fully saturated rings. The number of nitrogens with zero attached hydrogens (tertiary/aromatic N) is 3. The predicted molar refractivity (Wildman–Crippen MR) is 130 cm³/mol. The maximum Gasteiger partial charge on any atom is 0.144 e. The van der Waals surface area contributed by atoms with Crippen LogP contribution in [0.25, 0.3) is 17.1 Å². The molecule has 0 saturated carbocycles. The highest BCUT2D eigenvalue weighted by Crippen LogP contribution is 2.35. The predicted octanol–water partition coefficient (Wildman–Crippen LogP) is 7.36. The van der Waals surface area contributed by atoms with Gasteiger partial charge in [0.15, 0.2) is 0 Å². The van der Waals surface area contributed by atoms with Gasteiger partial charge in [-0.05, 0) is 35.8 Å². The van der Waals surface area contributed by atoms with Gasteiger partial charge < -0.3 is 0 Å². The van der Waals surface area contributed by atoms with Gasteiger partial charge in [0.2, 0.25) is 0 Å². The highest BCUT2D eigenvalue weighted by atomic mass is 32.1. The van der Waals surface area contributed by atoms with Crippen molar-refractivity contribution in [3.63, 3.8) is 0 Å². The highest BCUT2D eigenvalue weighted by molar-refractivity contribution is 7.79. The van der Waals surface area contributed by atoms with Crippen molar-refractivity contribution in [1.29, 1.82) is 0 Å². The summed E-state index contributed by atoms with van der Waals surface area (Å²) in [4.78, 5) is 8.82. The maximum absolute atomic E-state index is 4.61. The Hall–Kier alpha value is -2.07. The minimum atomic E-state index is 0.113. The molecule has 0 aliphatic rings. The zero-order chi connectivity index (χ0) is 21.7. The molecule has 0 amide bonds. The summed E-state index contributed by atoms with van der Waals surface area (Å²) in [6.07, 6.45) is 14.3. The van der Waals surface area contributed by atoms with Crippen LogP contribution in [0, 0.1) is 0 Å². The number of aromatic nitrogens is 3. The van der Waals surface area contributed by atoms with Gasteiger partial charge in [-0.15, -0.1) is 0 Å². The third-order valence-corrected chi connectivity index (χ3v) is 5.05. The lowest BCUT2D eigenvalue weighted by Crippen LogP contribution is -2.17. The molecule has 3 aromatic rings. The van der Waals surface area contributed by atoms with E-state index in [9.17, 15) is 0 Å². The molecule has 0 spiro atoms. The fourth-order valence-electron chi connectivity index (χ4n) is 3.02. The lowest BCUT2D eigenvalue weighted by atomic mass is 9.79. The van der Waals surface area contributed by atoms with Crippen LogP contribution < -0.4 is 0 Å². The van der Waals surface area contributed by atoms with E-state index in [4.69, 9.17) is 0 Å². The molecule has 158 valence electrons. The second kappa shape index (κ2) is 13.2. The molecule has 0 N–H and O–H groups in total. The second-order valence-corrected chi connectivity index (χ2v) is 7.47. The van der Waals surface area contributed by atoms with Crippen LogP contribution in [0.1, 0.15) is 65.9 Å². The van der Waals surface area contributed by atoms with Crippen LogP contribution in [-0.2, 0) is 5.41 Å². The SMILES string of the molecule is CCC(C)(C)c1ccccc1-c1nccn1-c1cccnc1.CCCCC.CS. The Labute approximate surface area is 183 Å². The van der Waals surface area contributed by atoms with E-state index in [2.05, 4.69) is 86.0 Å². The van der Waals surface area contributed by atoms with E-state index in [0.717, 1.165) is 17.9 Å². The van der Waals surface area contributed by atoms with Crippen molar-refractivity contribution in [3.05, 3.63) is 66.7 Å². The molecule has 0 unspecified atom stereocenters. The first kappa shape index (κ1) is 25.0. The molecule has 29 heavy (non-hydrogen) atoms. The van der Waals surface area contributed by atoms with Crippen LogP contribution in [0.15, 0.2) is 61.2 Å². The van der Waals surface area contributed by atoms with Crippen LogP contribution in [0.5, 0.6) is 0 Å². The smallest absolute Gasteiger partial charge is 0.144 e. The van der Waals surface area contributed by atoms with E-state index >= 15 is 0 Å². The largest absolute Gasteiger partial charge is 0.298 e. The third-order valence-electron chi connectivity index (χ3n) is 5.05. The number of hydrogen-bond acceptors (Lipinski definition) is 3. The first-order valence-electron chi connectivity index (χ1n) is 10.5. The molecule has 0 atom stereocenters. The summed E-state index contributed by atoms with van der Waals surface area (Å²) in [6.45, 7) is 11.2. The first-order valence-corrected chi connectivity index (χ1v) is 11.4. The van der Waals surface area contributed by atoms with Crippen molar-refractivity contribution in [2.24, 2.45) is 0 Å². The van der Waals surface area contributed by atoms with Gasteiger partial charge in [-0.3, -0.25) is 9.55 Å². The van der Waals surface area contributed by atoms with E-state index in [1.165, 1.54) is 30.4 Å². The van der Waals surface area contributed by atoms with Crippen molar-refractivity contribution in [2.75, 3.05) is 6.26 Å². The summed E-state index contributed by atoms with van der Waals surface area (Å²) >= 11 is 3.53. The Bertz CT molecular complexity index is 808. The van der Waals surface area contributed by atoms with Crippen molar-refractivity contribution in [1.82, 2.24) is 14.5 Å². The highest BCUT2D eigenvalue weighted by Gasteiger charge is 2.23. The summed E-state index contributed by atoms with van der Waals surface area (Å²) in [5.74, 6) is 0.963. The Balaban J connectivity index is 0.000000527. The summed E-state index contributed by atoms with van der Waals surface area (Å²) in [5, 5.41) is 0. The third kappa shape index (κ3) is 7.04. The van der Waals surface area contributed by atoms with Crippen molar-refractivity contribution in [2.45, 2.75) is 65.7 Å². The molecule has 4 heteroatoms. The summed E-state index contributed by atoms with van der Waals surface area (Å²) < 4.78 is 2.09. The van der Waals surface area contributed by atoms with Crippen molar-refractivity contribution in [3.8, 4) is 17.1 Å². The molecule has 0 aliphatic heterocycles. The van der Waals surface area contributed by atoms with Gasteiger partial charge in [0, 0.05) is 24.2 Å². The fraction of sp³-hybridized carbons (Fsp3) is 0.440. The van der Waals surface area contributed by atoms with Gasteiger partial charge in [-0.2, -0.15) is 12.6 Å². The topological polar surface area (TPSA) is 30.7 Å². The van der Waals surface area contributed by atoms with E-state index in [-0.39, 0.29) is 5.41 Å². The molecule has 0 bridgehead atoms. The summed E-state index contributed by atoms with van der Waals surface area (Å²) in [7, 11) is 0. The van der Waals surface area contributed by atoms with Gasteiger partial charge in [-0.1, -0.05) is 78.1 Å². The van der Waals surface area contributed by atoms with E-state index in [0.29, 0.717) is 0 Å². The average molecular weight is 412 g/mol. The van der Waals surface area contributed by atoms with E-state index < -0.39 is 0 Å². The number of imidazole rings is 1. The number of pyridine rings is 1. The van der Waals surface area contributed by atoms with Crippen molar-refractivity contribution < 1.29 is 0 Å². The first-order chi connectivity index (χ1) is 14.0. The van der Waals surface area contributed by atoms with Crippen LogP contribution in [0.3, 0.4) is 0 Å². The quantitative estimate of drug-likeness (QED) is 0.429. The molecule has 2 aromatic heterocycles. The summed E-state index contributed by atoms with van der Waals surface area (Å²) in [5.41, 5.74) is 3.65. The Morgan fingerprint density at radius 3 is 2.17 bits per heavy atom. The average Bonchev–Trinajstić information content (AvgIpc) is 3.27. The fourth-order valence-corrected chi connectivity index (χ4v) is 3.02. The Morgan fingerprint density at radius 2 is 1.62 bits per heavy atom. The number of unbranched alkanes of at least 4 members (excludes halogenated alkanes) is 2. The minimum Gasteiger partial charge on any atom is -0.298 e. The number of rotatable bonds is 6. The van der Waals surface area contributed by atoms with E-state index in [1.54, 1.807) is 12.5 Å². The van der Waals surface area contributed by atoms with Crippen molar-refractivity contribution >= 4 is 12.6 Å². The van der Waals surface area contributed by atoms with Gasteiger partial charge >= 0.3 is 0 Å². The molecular formula is C25H37N3S. The van der Waals surface area contributed by atoms with Gasteiger partial charge in [0.25, 0.3) is 0 Å². The monoisotopic (exact) mass is 411 g/mol. The minimum absolute atomic E-state index is 0.113. The molecule has 0 saturated heterocycles. The zero-order valence-corrected chi connectivity index (χ0v) is 19.8. The molecule has 3 nitrogen and oxygen atoms in total. The maximum atomic E-state index is 4.61. The van der Waals surface area contributed by atoms with Gasteiger partial charge in [-0.25, -0.2) is 4.98 Å². The number of benzene rings is 1.